The molecule has 2 heterocycles. The fourth-order valence-electron chi connectivity index (χ4n) is 2.39. The molecule has 0 amide bonds. The molecule has 6 nitrogen and oxygen atoms in total. The minimum Gasteiger partial charge on any atom is -0.379 e. The average Bonchev–Trinajstić information content (AvgIpc) is 2.97. The number of nitrogens with one attached hydrogen (secondary N) is 2. The summed E-state index contributed by atoms with van der Waals surface area (Å²) in [4.78, 5) is 6.63. The van der Waals surface area contributed by atoms with Gasteiger partial charge in [-0.25, -0.2) is 0 Å². The zero-order chi connectivity index (χ0) is 13.3. The van der Waals surface area contributed by atoms with Gasteiger partial charge in [0.05, 0.1) is 19.3 Å². The maximum absolute atomic E-state index is 5.58. The highest BCUT2D eigenvalue weighted by atomic mass is 127. The van der Waals surface area contributed by atoms with Gasteiger partial charge in [0.1, 0.15) is 0 Å². The Labute approximate surface area is 138 Å². The van der Waals surface area contributed by atoms with Gasteiger partial charge in [0, 0.05) is 46.4 Å². The Kier molecular flexibility index (Phi) is 9.49. The Morgan fingerprint density at radius 2 is 2.05 bits per heavy atom. The topological polar surface area (TPSA) is 58.1 Å². The number of halogens is 1. The molecule has 1 unspecified atom stereocenters. The summed E-state index contributed by atoms with van der Waals surface area (Å²) in [6.07, 6.45) is 2.67. The fraction of sp³-hybridized carbons (Fsp3) is 0.923. The molecule has 20 heavy (non-hydrogen) atoms. The van der Waals surface area contributed by atoms with E-state index in [-0.39, 0.29) is 24.0 Å². The van der Waals surface area contributed by atoms with Crippen LogP contribution in [-0.4, -0.2) is 76.6 Å². The molecule has 0 aromatic carbocycles. The average molecular weight is 398 g/mol. The van der Waals surface area contributed by atoms with Gasteiger partial charge in [-0.1, -0.05) is 0 Å². The smallest absolute Gasteiger partial charge is 0.191 e. The van der Waals surface area contributed by atoms with Crippen molar-refractivity contribution < 1.29 is 9.47 Å². The predicted octanol–water partition coefficient (Wildman–Crippen LogP) is 0.281. The highest BCUT2D eigenvalue weighted by Gasteiger charge is 2.15. The molecule has 0 bridgehead atoms. The van der Waals surface area contributed by atoms with Crippen molar-refractivity contribution in [2.24, 2.45) is 4.99 Å². The van der Waals surface area contributed by atoms with Crippen molar-refractivity contribution in [1.82, 2.24) is 15.5 Å². The van der Waals surface area contributed by atoms with Crippen LogP contribution >= 0.6 is 24.0 Å². The number of morpholine rings is 1. The summed E-state index contributed by atoms with van der Waals surface area (Å²) in [6, 6.07) is 0. The molecule has 7 heteroatoms. The standard InChI is InChI=1S/C13H26N4O2.HI/c1-14-13(16-11-12-3-2-8-19-12)15-4-5-17-6-9-18-10-7-17;/h12H,2-11H2,1H3,(H2,14,15,16);1H. The van der Waals surface area contributed by atoms with Crippen LogP contribution in [0.5, 0.6) is 0 Å². The van der Waals surface area contributed by atoms with E-state index in [9.17, 15) is 0 Å². The maximum atomic E-state index is 5.58. The Bertz CT molecular complexity index is 280. The fourth-order valence-corrected chi connectivity index (χ4v) is 2.39. The SMILES string of the molecule is CN=C(NCCN1CCOCC1)NCC1CCCO1.I. The van der Waals surface area contributed by atoms with Crippen LogP contribution in [0.3, 0.4) is 0 Å². The Morgan fingerprint density at radius 1 is 1.25 bits per heavy atom. The normalized spacial score (nSPS) is 24.2. The van der Waals surface area contributed by atoms with E-state index in [1.54, 1.807) is 7.05 Å². The predicted molar refractivity (Wildman–Crippen MR) is 91.0 cm³/mol. The molecule has 0 aromatic rings. The quantitative estimate of drug-likeness (QED) is 0.396. The molecule has 0 aliphatic carbocycles. The first-order chi connectivity index (χ1) is 9.38. The molecule has 2 N–H and O–H groups in total. The molecular formula is C13H27IN4O2. The largest absolute Gasteiger partial charge is 0.379 e. The Hall–Kier alpha value is -0.120. The van der Waals surface area contributed by atoms with Gasteiger partial charge in [-0.15, -0.1) is 24.0 Å². The lowest BCUT2D eigenvalue weighted by molar-refractivity contribution is 0.0389. The number of hydrogen-bond acceptors (Lipinski definition) is 4. The molecule has 0 saturated carbocycles. The van der Waals surface area contributed by atoms with Gasteiger partial charge in [-0.2, -0.15) is 0 Å². The van der Waals surface area contributed by atoms with Crippen LogP contribution in [-0.2, 0) is 9.47 Å². The minimum atomic E-state index is 0. The van der Waals surface area contributed by atoms with Gasteiger partial charge in [0.2, 0.25) is 0 Å². The van der Waals surface area contributed by atoms with Crippen LogP contribution in [0.15, 0.2) is 4.99 Å². The molecule has 2 aliphatic rings. The van der Waals surface area contributed by atoms with E-state index < -0.39 is 0 Å². The van der Waals surface area contributed by atoms with Gasteiger partial charge >= 0.3 is 0 Å². The van der Waals surface area contributed by atoms with Crippen molar-refractivity contribution >= 4 is 29.9 Å². The van der Waals surface area contributed by atoms with Crippen LogP contribution < -0.4 is 10.6 Å². The molecule has 2 aliphatic heterocycles. The number of ether oxygens (including phenoxy) is 2. The van der Waals surface area contributed by atoms with Crippen molar-refractivity contribution in [3.8, 4) is 0 Å². The third-order valence-corrected chi connectivity index (χ3v) is 3.57. The first-order valence-electron chi connectivity index (χ1n) is 7.24. The number of guanidine groups is 1. The van der Waals surface area contributed by atoms with E-state index in [4.69, 9.17) is 9.47 Å². The second-order valence-electron chi connectivity index (χ2n) is 4.97. The van der Waals surface area contributed by atoms with Crippen molar-refractivity contribution in [3.63, 3.8) is 0 Å². The van der Waals surface area contributed by atoms with Gasteiger partial charge in [0.15, 0.2) is 5.96 Å². The molecule has 0 aromatic heterocycles. The molecule has 1 atom stereocenters. The van der Waals surface area contributed by atoms with E-state index in [1.807, 2.05) is 0 Å². The summed E-state index contributed by atoms with van der Waals surface area (Å²) in [6.45, 7) is 7.45. The molecule has 2 rings (SSSR count). The lowest BCUT2D eigenvalue weighted by Gasteiger charge is -2.26. The van der Waals surface area contributed by atoms with Crippen LogP contribution in [0.1, 0.15) is 12.8 Å². The number of rotatable bonds is 5. The van der Waals surface area contributed by atoms with Crippen LogP contribution in [0, 0.1) is 0 Å². The van der Waals surface area contributed by atoms with Gasteiger partial charge in [0.25, 0.3) is 0 Å². The van der Waals surface area contributed by atoms with E-state index in [0.29, 0.717) is 6.10 Å². The molecule has 2 saturated heterocycles. The third kappa shape index (κ3) is 6.55. The monoisotopic (exact) mass is 398 g/mol. The molecular weight excluding hydrogens is 371 g/mol. The first-order valence-corrected chi connectivity index (χ1v) is 7.24. The number of nitrogens with zero attached hydrogens (tertiary/aromatic N) is 2. The molecule has 0 radical (unpaired) electrons. The summed E-state index contributed by atoms with van der Waals surface area (Å²) < 4.78 is 10.9. The third-order valence-electron chi connectivity index (χ3n) is 3.57. The highest BCUT2D eigenvalue weighted by Crippen LogP contribution is 2.10. The summed E-state index contributed by atoms with van der Waals surface area (Å²) >= 11 is 0. The lowest BCUT2D eigenvalue weighted by atomic mass is 10.2. The molecule has 118 valence electrons. The van der Waals surface area contributed by atoms with Crippen molar-refractivity contribution in [2.75, 3.05) is 59.6 Å². The second-order valence-corrected chi connectivity index (χ2v) is 4.97. The zero-order valence-corrected chi connectivity index (χ0v) is 14.6. The van der Waals surface area contributed by atoms with Crippen molar-refractivity contribution in [2.45, 2.75) is 18.9 Å². The first kappa shape index (κ1) is 17.9. The van der Waals surface area contributed by atoms with E-state index >= 15 is 0 Å². The van der Waals surface area contributed by atoms with Gasteiger partial charge < -0.3 is 20.1 Å². The zero-order valence-electron chi connectivity index (χ0n) is 12.3. The van der Waals surface area contributed by atoms with Gasteiger partial charge in [-0.3, -0.25) is 9.89 Å². The maximum Gasteiger partial charge on any atom is 0.191 e. The van der Waals surface area contributed by atoms with Crippen LogP contribution in [0.2, 0.25) is 0 Å². The van der Waals surface area contributed by atoms with Crippen molar-refractivity contribution in [1.29, 1.82) is 0 Å². The van der Waals surface area contributed by atoms with E-state index in [1.165, 1.54) is 6.42 Å². The summed E-state index contributed by atoms with van der Waals surface area (Å²) in [7, 11) is 1.81. The molecule has 2 fully saturated rings. The summed E-state index contributed by atoms with van der Waals surface area (Å²) in [5, 5.41) is 6.66. The molecule has 0 spiro atoms. The van der Waals surface area contributed by atoms with Crippen LogP contribution in [0.25, 0.3) is 0 Å². The Balaban J connectivity index is 0.00000200. The summed E-state index contributed by atoms with van der Waals surface area (Å²) in [5.41, 5.74) is 0. The van der Waals surface area contributed by atoms with E-state index in [0.717, 1.165) is 64.9 Å². The highest BCUT2D eigenvalue weighted by molar-refractivity contribution is 14.0. The van der Waals surface area contributed by atoms with Crippen molar-refractivity contribution in [3.05, 3.63) is 0 Å². The number of aliphatic imine (C=N–C) groups is 1. The second kappa shape index (κ2) is 10.6. The van der Waals surface area contributed by atoms with E-state index in [2.05, 4.69) is 20.5 Å². The Morgan fingerprint density at radius 3 is 2.70 bits per heavy atom. The van der Waals surface area contributed by atoms with Crippen LogP contribution in [0.4, 0.5) is 0 Å². The number of hydrogen-bond donors (Lipinski definition) is 2. The minimum absolute atomic E-state index is 0. The van der Waals surface area contributed by atoms with Gasteiger partial charge in [-0.05, 0) is 12.8 Å². The lowest BCUT2D eigenvalue weighted by Crippen LogP contribution is -2.45. The summed E-state index contributed by atoms with van der Waals surface area (Å²) in [5.74, 6) is 0.865.